The number of aromatic nitrogens is 2. The Hall–Kier alpha value is -3.43. The molecule has 10 heteroatoms. The summed E-state index contributed by atoms with van der Waals surface area (Å²) in [6.07, 6.45) is 0.879. The van der Waals surface area contributed by atoms with Crippen molar-refractivity contribution < 1.29 is 19.0 Å². The van der Waals surface area contributed by atoms with Gasteiger partial charge >= 0.3 is 0 Å². The monoisotopic (exact) mass is 474 g/mol. The van der Waals surface area contributed by atoms with Crippen LogP contribution in [0.1, 0.15) is 25.8 Å². The lowest BCUT2D eigenvalue weighted by Gasteiger charge is -2.16. The third-order valence-electron chi connectivity index (χ3n) is 4.46. The number of nitrogens with zero attached hydrogens (tertiary/aromatic N) is 2. The van der Waals surface area contributed by atoms with Crippen molar-refractivity contribution in [2.24, 2.45) is 0 Å². The van der Waals surface area contributed by atoms with Crippen molar-refractivity contribution >= 4 is 34.8 Å². The molecular formula is C23H24ClFN4O4. The van der Waals surface area contributed by atoms with E-state index in [2.05, 4.69) is 15.6 Å². The summed E-state index contributed by atoms with van der Waals surface area (Å²) in [7, 11) is 0. The molecule has 8 nitrogen and oxygen atoms in total. The molecule has 0 atom stereocenters. The van der Waals surface area contributed by atoms with Gasteiger partial charge in [-0.05, 0) is 43.7 Å². The van der Waals surface area contributed by atoms with Gasteiger partial charge in [-0.3, -0.25) is 14.2 Å². The van der Waals surface area contributed by atoms with Crippen LogP contribution in [0, 0.1) is 5.82 Å². The topological polar surface area (TPSA) is 105 Å². The van der Waals surface area contributed by atoms with Crippen molar-refractivity contribution in [2.45, 2.75) is 32.9 Å². The number of rotatable bonds is 9. The van der Waals surface area contributed by atoms with Crippen LogP contribution in [0.15, 0.2) is 53.5 Å². The van der Waals surface area contributed by atoms with E-state index in [0.717, 1.165) is 5.56 Å². The Labute approximate surface area is 195 Å². The van der Waals surface area contributed by atoms with Crippen LogP contribution in [0.2, 0.25) is 5.02 Å². The molecule has 0 bridgehead atoms. The number of ether oxygens (including phenoxy) is 1. The van der Waals surface area contributed by atoms with Gasteiger partial charge in [0.05, 0.1) is 31.9 Å². The fourth-order valence-electron chi connectivity index (χ4n) is 2.97. The lowest BCUT2D eigenvalue weighted by molar-refractivity contribution is -0.116. The number of carbonyl (C=O) groups is 1. The van der Waals surface area contributed by atoms with Gasteiger partial charge in [0.2, 0.25) is 11.9 Å². The van der Waals surface area contributed by atoms with Crippen LogP contribution in [0.3, 0.4) is 0 Å². The normalized spacial score (nSPS) is 10.8. The molecular weight excluding hydrogens is 451 g/mol. The average molecular weight is 475 g/mol. The zero-order valence-electron chi connectivity index (χ0n) is 18.1. The quantitative estimate of drug-likeness (QED) is 0.434. The Morgan fingerprint density at radius 2 is 1.97 bits per heavy atom. The van der Waals surface area contributed by atoms with Crippen molar-refractivity contribution in [3.63, 3.8) is 0 Å². The van der Waals surface area contributed by atoms with Gasteiger partial charge < -0.3 is 20.5 Å². The molecule has 33 heavy (non-hydrogen) atoms. The van der Waals surface area contributed by atoms with Crippen molar-refractivity contribution in [1.82, 2.24) is 9.55 Å². The summed E-state index contributed by atoms with van der Waals surface area (Å²) < 4.78 is 21.1. The van der Waals surface area contributed by atoms with Gasteiger partial charge in [-0.25, -0.2) is 9.37 Å². The second kappa shape index (κ2) is 10.9. The molecule has 1 heterocycles. The highest BCUT2D eigenvalue weighted by molar-refractivity contribution is 6.30. The van der Waals surface area contributed by atoms with Crippen LogP contribution in [-0.4, -0.2) is 33.3 Å². The Kier molecular flexibility index (Phi) is 8.02. The van der Waals surface area contributed by atoms with E-state index in [1.165, 1.54) is 22.9 Å². The van der Waals surface area contributed by atoms with Crippen molar-refractivity contribution in [1.29, 1.82) is 0 Å². The van der Waals surface area contributed by atoms with Crippen LogP contribution < -0.4 is 20.9 Å². The number of halogens is 2. The van der Waals surface area contributed by atoms with Gasteiger partial charge in [-0.2, -0.15) is 0 Å². The van der Waals surface area contributed by atoms with E-state index in [1.807, 2.05) is 0 Å². The van der Waals surface area contributed by atoms with Gasteiger partial charge in [-0.15, -0.1) is 0 Å². The Balaban J connectivity index is 1.96. The largest absolute Gasteiger partial charge is 0.488 e. The first kappa shape index (κ1) is 24.2. The highest BCUT2D eigenvalue weighted by Crippen LogP contribution is 2.24. The fourth-order valence-corrected chi connectivity index (χ4v) is 3.09. The molecule has 174 valence electrons. The zero-order valence-corrected chi connectivity index (χ0v) is 18.9. The van der Waals surface area contributed by atoms with E-state index in [1.54, 1.807) is 44.2 Å². The summed E-state index contributed by atoms with van der Waals surface area (Å²) in [6, 6.07) is 11.2. The number of anilines is 3. The summed E-state index contributed by atoms with van der Waals surface area (Å²) >= 11 is 5.95. The molecule has 0 spiro atoms. The lowest BCUT2D eigenvalue weighted by atomic mass is 10.2. The second-order valence-corrected chi connectivity index (χ2v) is 7.91. The van der Waals surface area contributed by atoms with Crippen molar-refractivity contribution in [3.05, 3.63) is 75.4 Å². The first-order valence-electron chi connectivity index (χ1n) is 10.2. The summed E-state index contributed by atoms with van der Waals surface area (Å²) in [5.74, 6) is -0.817. The number of aliphatic hydroxyl groups excluding tert-OH is 1. The first-order chi connectivity index (χ1) is 15.8. The zero-order chi connectivity index (χ0) is 24.0. The molecule has 3 aromatic rings. The predicted octanol–water partition coefficient (Wildman–Crippen LogP) is 3.94. The van der Waals surface area contributed by atoms with E-state index < -0.39 is 17.3 Å². The standard InChI is InChI=1S/C23H24ClFN4O4/c1-14(2)33-20-8-7-17(11-18(20)25)27-23-26-12-19(28-21(31)9-10-30)22(32)29(23)13-15-3-5-16(24)6-4-15/h3-8,11-12,14,30H,9-10,13H2,1-2H3,(H,26,27)(H,28,31). The molecule has 1 aromatic heterocycles. The molecule has 2 aromatic carbocycles. The van der Waals surface area contributed by atoms with Crippen molar-refractivity contribution in [3.8, 4) is 5.75 Å². The number of amides is 1. The maximum Gasteiger partial charge on any atom is 0.279 e. The van der Waals surface area contributed by atoms with E-state index in [-0.39, 0.29) is 43.1 Å². The van der Waals surface area contributed by atoms with Gasteiger partial charge in [0.15, 0.2) is 11.6 Å². The molecule has 3 N–H and O–H groups in total. The molecule has 0 radical (unpaired) electrons. The smallest absolute Gasteiger partial charge is 0.279 e. The Bertz CT molecular complexity index is 1180. The van der Waals surface area contributed by atoms with Crippen LogP contribution in [-0.2, 0) is 11.3 Å². The maximum atomic E-state index is 14.4. The average Bonchev–Trinajstić information content (AvgIpc) is 2.76. The molecule has 0 aliphatic carbocycles. The molecule has 0 unspecified atom stereocenters. The predicted molar refractivity (Wildman–Crippen MR) is 125 cm³/mol. The molecule has 3 rings (SSSR count). The number of hydrogen-bond donors (Lipinski definition) is 3. The SMILES string of the molecule is CC(C)Oc1ccc(Nc2ncc(NC(=O)CCO)c(=O)n2Cc2ccc(Cl)cc2)cc1F. The highest BCUT2D eigenvalue weighted by atomic mass is 35.5. The Morgan fingerprint density at radius 3 is 2.61 bits per heavy atom. The van der Waals surface area contributed by atoms with Crippen molar-refractivity contribution in [2.75, 3.05) is 17.2 Å². The molecule has 0 aliphatic rings. The number of benzene rings is 2. The van der Waals surface area contributed by atoms with Crippen LogP contribution >= 0.6 is 11.6 Å². The van der Waals surface area contributed by atoms with E-state index in [4.69, 9.17) is 21.4 Å². The molecule has 0 aliphatic heterocycles. The van der Waals surface area contributed by atoms with Gasteiger partial charge in [0.1, 0.15) is 5.69 Å². The summed E-state index contributed by atoms with van der Waals surface area (Å²) in [6.45, 7) is 3.36. The number of hydrogen-bond acceptors (Lipinski definition) is 6. The van der Waals surface area contributed by atoms with Gasteiger partial charge in [0.25, 0.3) is 5.56 Å². The number of aliphatic hydroxyl groups is 1. The lowest BCUT2D eigenvalue weighted by Crippen LogP contribution is -2.29. The number of carbonyl (C=O) groups excluding carboxylic acids is 1. The molecule has 0 fully saturated rings. The van der Waals surface area contributed by atoms with E-state index >= 15 is 0 Å². The third kappa shape index (κ3) is 6.53. The first-order valence-corrected chi connectivity index (χ1v) is 10.6. The maximum absolute atomic E-state index is 14.4. The molecule has 0 saturated carbocycles. The minimum atomic E-state index is -0.562. The van der Waals surface area contributed by atoms with Crippen LogP contribution in [0.4, 0.5) is 21.7 Å². The third-order valence-corrected chi connectivity index (χ3v) is 4.72. The Morgan fingerprint density at radius 1 is 1.24 bits per heavy atom. The minimum Gasteiger partial charge on any atom is -0.488 e. The van der Waals surface area contributed by atoms with Gasteiger partial charge in [-0.1, -0.05) is 23.7 Å². The highest BCUT2D eigenvalue weighted by Gasteiger charge is 2.15. The molecule has 0 saturated heterocycles. The number of nitrogens with one attached hydrogen (secondary N) is 2. The van der Waals surface area contributed by atoms with E-state index in [0.29, 0.717) is 10.7 Å². The second-order valence-electron chi connectivity index (χ2n) is 7.47. The van der Waals surface area contributed by atoms with Crippen LogP contribution in [0.5, 0.6) is 5.75 Å². The molecule has 1 amide bonds. The van der Waals surface area contributed by atoms with Gasteiger partial charge in [0, 0.05) is 16.8 Å². The van der Waals surface area contributed by atoms with Crippen LogP contribution in [0.25, 0.3) is 0 Å². The summed E-state index contributed by atoms with van der Waals surface area (Å²) in [5, 5.41) is 14.9. The summed E-state index contributed by atoms with van der Waals surface area (Å²) in [5.41, 5.74) is 0.559. The fraction of sp³-hybridized carbons (Fsp3) is 0.261. The van der Waals surface area contributed by atoms with E-state index in [9.17, 15) is 14.0 Å². The minimum absolute atomic E-state index is 0.0418. The summed E-state index contributed by atoms with van der Waals surface area (Å²) in [4.78, 5) is 29.2.